The average Bonchev–Trinajstić information content (AvgIpc) is 2.19. The normalized spacial score (nSPS) is 13.2. The molecule has 8 heteroatoms. The Morgan fingerprint density at radius 1 is 1.33 bits per heavy atom. The van der Waals surface area contributed by atoms with Gasteiger partial charge in [0.2, 0.25) is 0 Å². The van der Waals surface area contributed by atoms with E-state index in [1.165, 1.54) is 18.2 Å². The molecular weight excluding hydrogens is 294 g/mol. The smallest absolute Gasteiger partial charge is 0.403 e. The molecule has 0 bridgehead atoms. The standard InChI is InChI=1S/C10H8Cl2F3NO2/c11-6-2-1-3-7(12)8(6)16-4-5(9(17)18)10(13,14)15/h1-3,5,16H,4H2,(H,17,18). The molecule has 0 aromatic heterocycles. The van der Waals surface area contributed by atoms with Gasteiger partial charge >= 0.3 is 12.1 Å². The molecule has 1 atom stereocenters. The van der Waals surface area contributed by atoms with Crippen LogP contribution >= 0.6 is 23.2 Å². The molecule has 0 heterocycles. The van der Waals surface area contributed by atoms with Gasteiger partial charge in [0.05, 0.1) is 15.7 Å². The minimum absolute atomic E-state index is 0.0799. The van der Waals surface area contributed by atoms with E-state index >= 15 is 0 Å². The molecule has 1 rings (SSSR count). The quantitative estimate of drug-likeness (QED) is 0.892. The fraction of sp³-hybridized carbons (Fsp3) is 0.300. The van der Waals surface area contributed by atoms with Crippen LogP contribution in [0.3, 0.4) is 0 Å². The first-order chi connectivity index (χ1) is 8.23. The van der Waals surface area contributed by atoms with Crippen molar-refractivity contribution in [2.45, 2.75) is 6.18 Å². The molecule has 0 saturated carbocycles. The number of para-hydroxylation sites is 1. The van der Waals surface area contributed by atoms with Gasteiger partial charge in [0, 0.05) is 6.54 Å². The summed E-state index contributed by atoms with van der Waals surface area (Å²) in [4.78, 5) is 10.5. The summed E-state index contributed by atoms with van der Waals surface area (Å²) < 4.78 is 37.2. The van der Waals surface area contributed by atoms with Crippen molar-refractivity contribution in [3.63, 3.8) is 0 Å². The molecular formula is C10H8Cl2F3NO2. The molecule has 1 aromatic carbocycles. The van der Waals surface area contributed by atoms with Crippen LogP contribution < -0.4 is 5.32 Å². The summed E-state index contributed by atoms with van der Waals surface area (Å²) in [6.07, 6.45) is -4.84. The third-order valence-corrected chi connectivity index (χ3v) is 2.77. The minimum Gasteiger partial charge on any atom is -0.481 e. The summed E-state index contributed by atoms with van der Waals surface area (Å²) in [5, 5.41) is 11.0. The fourth-order valence-corrected chi connectivity index (χ4v) is 1.74. The third kappa shape index (κ3) is 3.68. The minimum atomic E-state index is -4.84. The van der Waals surface area contributed by atoms with Crippen molar-refractivity contribution in [2.75, 3.05) is 11.9 Å². The molecule has 0 spiro atoms. The highest BCUT2D eigenvalue weighted by atomic mass is 35.5. The van der Waals surface area contributed by atoms with E-state index < -0.39 is 24.6 Å². The lowest BCUT2D eigenvalue weighted by Gasteiger charge is -2.18. The van der Waals surface area contributed by atoms with Crippen LogP contribution in [0.5, 0.6) is 0 Å². The van der Waals surface area contributed by atoms with Gasteiger partial charge in [-0.1, -0.05) is 29.3 Å². The first-order valence-corrected chi connectivity index (χ1v) is 5.46. The Bertz CT molecular complexity index is 431. The van der Waals surface area contributed by atoms with E-state index in [4.69, 9.17) is 28.3 Å². The zero-order valence-electron chi connectivity index (χ0n) is 8.76. The number of benzene rings is 1. The van der Waals surface area contributed by atoms with Gasteiger partial charge in [-0.05, 0) is 12.1 Å². The molecule has 0 fully saturated rings. The van der Waals surface area contributed by atoms with E-state index in [0.29, 0.717) is 0 Å². The van der Waals surface area contributed by atoms with Gasteiger partial charge in [-0.15, -0.1) is 0 Å². The van der Waals surface area contributed by atoms with Crippen LogP contribution in [0.15, 0.2) is 18.2 Å². The average molecular weight is 302 g/mol. The maximum atomic E-state index is 12.4. The maximum absolute atomic E-state index is 12.4. The lowest BCUT2D eigenvalue weighted by Crippen LogP contribution is -2.36. The van der Waals surface area contributed by atoms with E-state index in [2.05, 4.69) is 5.32 Å². The Labute approximate surface area is 110 Å². The summed E-state index contributed by atoms with van der Waals surface area (Å²) in [5.41, 5.74) is 0.0799. The van der Waals surface area contributed by atoms with Crippen LogP contribution in [0.2, 0.25) is 10.0 Å². The summed E-state index contributed by atoms with van der Waals surface area (Å²) in [6, 6.07) is 4.38. The predicted octanol–water partition coefficient (Wildman–Crippen LogP) is 3.67. The highest BCUT2D eigenvalue weighted by Gasteiger charge is 2.44. The first-order valence-electron chi connectivity index (χ1n) is 4.71. The van der Waals surface area contributed by atoms with Gasteiger partial charge in [-0.25, -0.2) is 0 Å². The molecule has 1 aromatic rings. The van der Waals surface area contributed by atoms with Crippen LogP contribution in [0.4, 0.5) is 18.9 Å². The van der Waals surface area contributed by atoms with Crippen molar-refractivity contribution >= 4 is 34.9 Å². The van der Waals surface area contributed by atoms with E-state index in [1.54, 1.807) is 0 Å². The van der Waals surface area contributed by atoms with Crippen molar-refractivity contribution in [3.8, 4) is 0 Å². The van der Waals surface area contributed by atoms with Crippen LogP contribution in [0, 0.1) is 5.92 Å². The summed E-state index contributed by atoms with van der Waals surface area (Å²) in [5.74, 6) is -4.48. The molecule has 0 radical (unpaired) electrons. The Hall–Kier alpha value is -1.14. The van der Waals surface area contributed by atoms with Crippen molar-refractivity contribution in [3.05, 3.63) is 28.2 Å². The second-order valence-electron chi connectivity index (χ2n) is 3.41. The monoisotopic (exact) mass is 301 g/mol. The Balaban J connectivity index is 2.83. The molecule has 0 amide bonds. The van der Waals surface area contributed by atoms with Gasteiger partial charge < -0.3 is 10.4 Å². The van der Waals surface area contributed by atoms with Crippen LogP contribution in [-0.2, 0) is 4.79 Å². The molecule has 2 N–H and O–H groups in total. The molecule has 1 unspecified atom stereocenters. The molecule has 0 aliphatic carbocycles. The van der Waals surface area contributed by atoms with Gasteiger partial charge in [-0.2, -0.15) is 13.2 Å². The molecule has 100 valence electrons. The number of carboxylic acid groups (broad SMARTS) is 1. The molecule has 3 nitrogen and oxygen atoms in total. The topological polar surface area (TPSA) is 49.3 Å². The van der Waals surface area contributed by atoms with Gasteiger partial charge in [0.15, 0.2) is 5.92 Å². The number of carbonyl (C=O) groups is 1. The largest absolute Gasteiger partial charge is 0.481 e. The molecule has 0 aliphatic heterocycles. The lowest BCUT2D eigenvalue weighted by atomic mass is 10.1. The number of hydrogen-bond donors (Lipinski definition) is 2. The Morgan fingerprint density at radius 3 is 2.22 bits per heavy atom. The lowest BCUT2D eigenvalue weighted by molar-refractivity contribution is -0.190. The first kappa shape index (κ1) is 14.9. The molecule has 0 aliphatic rings. The van der Waals surface area contributed by atoms with Crippen LogP contribution in [0.25, 0.3) is 0 Å². The Kier molecular flexibility index (Phi) is 4.70. The van der Waals surface area contributed by atoms with Gasteiger partial charge in [0.25, 0.3) is 0 Å². The highest BCUT2D eigenvalue weighted by Crippen LogP contribution is 2.32. The summed E-state index contributed by atoms with van der Waals surface area (Å²) >= 11 is 11.5. The van der Waals surface area contributed by atoms with Crippen LogP contribution in [-0.4, -0.2) is 23.8 Å². The number of anilines is 1. The maximum Gasteiger partial charge on any atom is 0.403 e. The van der Waals surface area contributed by atoms with Gasteiger partial charge in [-0.3, -0.25) is 4.79 Å². The highest BCUT2D eigenvalue weighted by molar-refractivity contribution is 6.39. The van der Waals surface area contributed by atoms with Gasteiger partial charge in [0.1, 0.15) is 0 Å². The van der Waals surface area contributed by atoms with E-state index in [1.807, 2.05) is 0 Å². The summed E-state index contributed by atoms with van der Waals surface area (Å²) in [7, 11) is 0. The zero-order chi connectivity index (χ0) is 13.9. The second kappa shape index (κ2) is 5.67. The van der Waals surface area contributed by atoms with Crippen molar-refractivity contribution in [1.29, 1.82) is 0 Å². The number of rotatable bonds is 4. The number of alkyl halides is 3. The van der Waals surface area contributed by atoms with E-state index in [9.17, 15) is 18.0 Å². The second-order valence-corrected chi connectivity index (χ2v) is 4.22. The number of nitrogens with one attached hydrogen (secondary N) is 1. The summed E-state index contributed by atoms with van der Waals surface area (Å²) in [6.45, 7) is -0.845. The van der Waals surface area contributed by atoms with Crippen molar-refractivity contribution in [2.24, 2.45) is 5.92 Å². The number of halogens is 5. The van der Waals surface area contributed by atoms with E-state index in [0.717, 1.165) is 0 Å². The Morgan fingerprint density at radius 2 is 1.83 bits per heavy atom. The fourth-order valence-electron chi connectivity index (χ4n) is 1.21. The molecule has 0 saturated heterocycles. The van der Waals surface area contributed by atoms with Crippen molar-refractivity contribution in [1.82, 2.24) is 0 Å². The SMILES string of the molecule is O=C(O)C(CNc1c(Cl)cccc1Cl)C(F)(F)F. The van der Waals surface area contributed by atoms with Crippen LogP contribution in [0.1, 0.15) is 0 Å². The molecule has 18 heavy (non-hydrogen) atoms. The van der Waals surface area contributed by atoms with Crippen molar-refractivity contribution < 1.29 is 23.1 Å². The zero-order valence-corrected chi connectivity index (χ0v) is 10.3. The third-order valence-electron chi connectivity index (χ3n) is 2.14. The predicted molar refractivity (Wildman–Crippen MR) is 62.1 cm³/mol. The number of aliphatic carboxylic acids is 1. The number of carboxylic acids is 1. The number of hydrogen-bond acceptors (Lipinski definition) is 2. The van der Waals surface area contributed by atoms with E-state index in [-0.39, 0.29) is 15.7 Å².